The van der Waals surface area contributed by atoms with Gasteiger partial charge in [0.2, 0.25) is 0 Å². The van der Waals surface area contributed by atoms with Gasteiger partial charge in [0.1, 0.15) is 6.61 Å². The minimum absolute atomic E-state index is 0.0857. The van der Waals surface area contributed by atoms with Crippen LogP contribution in [0.5, 0.6) is 0 Å². The number of nitrogens with one attached hydrogen (secondary N) is 1. The predicted molar refractivity (Wildman–Crippen MR) is 57.6 cm³/mol. The molecular weight excluding hydrogens is 214 g/mol. The number of hydrogen-bond acceptors (Lipinski definition) is 3. The fourth-order valence-electron chi connectivity index (χ4n) is 0.985. The van der Waals surface area contributed by atoms with Crippen LogP contribution in [0.3, 0.4) is 0 Å². The van der Waals surface area contributed by atoms with Crippen molar-refractivity contribution < 1.29 is 13.7 Å². The molecule has 0 saturated carbocycles. The van der Waals surface area contributed by atoms with Crippen LogP contribution in [-0.4, -0.2) is 23.8 Å². The minimum Gasteiger partial charge on any atom is -0.375 e. The second-order valence-electron chi connectivity index (χ2n) is 3.04. The van der Waals surface area contributed by atoms with Crippen LogP contribution in [-0.2, 0) is 20.5 Å². The van der Waals surface area contributed by atoms with Crippen LogP contribution < -0.4 is 4.72 Å². The first-order chi connectivity index (χ1) is 7.13. The maximum absolute atomic E-state index is 11.6. The highest BCUT2D eigenvalue weighted by Crippen LogP contribution is 2.06. The summed E-state index contributed by atoms with van der Waals surface area (Å²) in [5, 5.41) is 0. The van der Waals surface area contributed by atoms with Crippen LogP contribution >= 0.6 is 0 Å². The van der Waals surface area contributed by atoms with Crippen molar-refractivity contribution in [1.82, 2.24) is 4.72 Å². The molecule has 0 aromatic heterocycles. The summed E-state index contributed by atoms with van der Waals surface area (Å²) in [7, 11) is -0.0917. The first-order valence-corrected chi connectivity index (χ1v) is 5.55. The third kappa shape index (κ3) is 3.81. The van der Waals surface area contributed by atoms with Crippen molar-refractivity contribution in [1.29, 1.82) is 0 Å². The molecule has 5 heteroatoms. The average Bonchev–Trinajstić information content (AvgIpc) is 2.18. The van der Waals surface area contributed by atoms with Crippen LogP contribution in [0.25, 0.3) is 0 Å². The summed E-state index contributed by atoms with van der Waals surface area (Å²) >= 11 is 0. The van der Waals surface area contributed by atoms with E-state index in [0.717, 1.165) is 5.56 Å². The quantitative estimate of drug-likeness (QED) is 0.827. The van der Waals surface area contributed by atoms with Crippen molar-refractivity contribution in [2.75, 3.05) is 13.7 Å². The monoisotopic (exact) mass is 227 g/mol. The summed E-state index contributed by atoms with van der Waals surface area (Å²) in [4.78, 5) is 11.6. The van der Waals surface area contributed by atoms with Crippen LogP contribution in [0, 0.1) is 6.92 Å². The standard InChI is InChI=1S/C10H13NO3S/c1-8-3-5-9(6-4-8)15(13)11-10(12)7-14-2/h3-6H,7H2,1-2H3,(H,11,12). The largest absolute Gasteiger partial charge is 0.375 e. The zero-order chi connectivity index (χ0) is 11.3. The van der Waals surface area contributed by atoms with Crippen molar-refractivity contribution in [2.45, 2.75) is 11.8 Å². The van der Waals surface area contributed by atoms with Gasteiger partial charge in [0.15, 0.2) is 11.0 Å². The van der Waals surface area contributed by atoms with E-state index in [0.29, 0.717) is 4.90 Å². The second kappa shape index (κ2) is 5.63. The van der Waals surface area contributed by atoms with E-state index in [1.165, 1.54) is 7.11 Å². The van der Waals surface area contributed by atoms with Gasteiger partial charge in [-0.05, 0) is 19.1 Å². The molecular formula is C10H13NO3S. The molecule has 0 aliphatic rings. The van der Waals surface area contributed by atoms with E-state index in [4.69, 9.17) is 0 Å². The average molecular weight is 227 g/mol. The molecule has 1 aromatic rings. The van der Waals surface area contributed by atoms with E-state index < -0.39 is 16.9 Å². The molecule has 1 amide bonds. The molecule has 1 aromatic carbocycles. The number of carbonyl (C=O) groups is 1. The number of rotatable bonds is 4. The van der Waals surface area contributed by atoms with E-state index >= 15 is 0 Å². The van der Waals surface area contributed by atoms with Gasteiger partial charge < -0.3 is 4.74 Å². The van der Waals surface area contributed by atoms with E-state index in [1.807, 2.05) is 19.1 Å². The lowest BCUT2D eigenvalue weighted by Crippen LogP contribution is -2.28. The maximum atomic E-state index is 11.6. The third-order valence-corrected chi connectivity index (χ3v) is 2.83. The molecule has 4 nitrogen and oxygen atoms in total. The van der Waals surface area contributed by atoms with Gasteiger partial charge in [0.25, 0.3) is 5.91 Å². The summed E-state index contributed by atoms with van der Waals surface area (Å²) in [6.45, 7) is 1.85. The number of benzene rings is 1. The molecule has 1 N–H and O–H groups in total. The second-order valence-corrected chi connectivity index (χ2v) is 4.25. The number of carbonyl (C=O) groups excluding carboxylic acids is 1. The van der Waals surface area contributed by atoms with Crippen LogP contribution in [0.4, 0.5) is 0 Å². The lowest BCUT2D eigenvalue weighted by atomic mass is 10.2. The topological polar surface area (TPSA) is 55.4 Å². The molecule has 15 heavy (non-hydrogen) atoms. The molecule has 0 saturated heterocycles. The Bertz CT molecular complexity index is 361. The molecule has 0 spiro atoms. The van der Waals surface area contributed by atoms with Crippen molar-refractivity contribution >= 4 is 16.9 Å². The van der Waals surface area contributed by atoms with Gasteiger partial charge in [-0.3, -0.25) is 9.52 Å². The van der Waals surface area contributed by atoms with E-state index in [9.17, 15) is 9.00 Å². The van der Waals surface area contributed by atoms with E-state index in [1.54, 1.807) is 12.1 Å². The SMILES string of the molecule is COCC(=O)NS(=O)c1ccc(C)cc1. The predicted octanol–water partition coefficient (Wildman–Crippen LogP) is 0.780. The normalized spacial score (nSPS) is 12.1. The molecule has 1 atom stereocenters. The van der Waals surface area contributed by atoms with Crippen molar-refractivity contribution in [3.63, 3.8) is 0 Å². The Labute approximate surface area is 91.2 Å². The molecule has 0 aliphatic carbocycles. The van der Waals surface area contributed by atoms with Gasteiger partial charge in [0.05, 0.1) is 4.90 Å². The Hall–Kier alpha value is -1.20. The summed E-state index contributed by atoms with van der Waals surface area (Å²) in [6, 6.07) is 7.13. The molecule has 0 fully saturated rings. The first kappa shape index (κ1) is 11.9. The highest BCUT2D eigenvalue weighted by atomic mass is 32.2. The van der Waals surface area contributed by atoms with Gasteiger partial charge in [0, 0.05) is 7.11 Å². The van der Waals surface area contributed by atoms with Gasteiger partial charge in [-0.1, -0.05) is 17.7 Å². The fourth-order valence-corrected chi connectivity index (χ4v) is 1.75. The van der Waals surface area contributed by atoms with E-state index in [-0.39, 0.29) is 6.61 Å². The Kier molecular flexibility index (Phi) is 4.45. The Morgan fingerprint density at radius 2 is 2.00 bits per heavy atom. The maximum Gasteiger partial charge on any atom is 0.257 e. The fraction of sp³-hybridized carbons (Fsp3) is 0.300. The van der Waals surface area contributed by atoms with Gasteiger partial charge in [-0.25, -0.2) is 4.21 Å². The Morgan fingerprint density at radius 3 is 2.53 bits per heavy atom. The molecule has 0 aliphatic heterocycles. The van der Waals surface area contributed by atoms with Crippen molar-refractivity contribution in [3.8, 4) is 0 Å². The molecule has 82 valence electrons. The molecule has 0 bridgehead atoms. The van der Waals surface area contributed by atoms with Crippen molar-refractivity contribution in [3.05, 3.63) is 29.8 Å². The highest BCUT2D eigenvalue weighted by Gasteiger charge is 2.07. The zero-order valence-electron chi connectivity index (χ0n) is 8.65. The summed E-state index contributed by atoms with van der Waals surface area (Å²) in [5.74, 6) is -0.392. The first-order valence-electron chi connectivity index (χ1n) is 4.40. The smallest absolute Gasteiger partial charge is 0.257 e. The third-order valence-electron chi connectivity index (χ3n) is 1.72. The lowest BCUT2D eigenvalue weighted by Gasteiger charge is -2.04. The van der Waals surface area contributed by atoms with Crippen LogP contribution in [0.1, 0.15) is 5.56 Å². The van der Waals surface area contributed by atoms with Gasteiger partial charge >= 0.3 is 0 Å². The molecule has 0 heterocycles. The number of amides is 1. The van der Waals surface area contributed by atoms with Crippen LogP contribution in [0.2, 0.25) is 0 Å². The summed E-state index contributed by atoms with van der Waals surface area (Å²) < 4.78 is 18.5. The highest BCUT2D eigenvalue weighted by molar-refractivity contribution is 7.83. The number of hydrogen-bond donors (Lipinski definition) is 1. The molecule has 1 unspecified atom stereocenters. The number of methoxy groups -OCH3 is 1. The lowest BCUT2D eigenvalue weighted by molar-refractivity contribution is -0.122. The summed E-state index contributed by atoms with van der Waals surface area (Å²) in [6.07, 6.45) is 0. The Balaban J connectivity index is 2.61. The number of ether oxygens (including phenoxy) is 1. The zero-order valence-corrected chi connectivity index (χ0v) is 9.47. The van der Waals surface area contributed by atoms with Crippen LogP contribution in [0.15, 0.2) is 29.2 Å². The number of aryl methyl sites for hydroxylation is 1. The minimum atomic E-state index is -1.50. The van der Waals surface area contributed by atoms with E-state index in [2.05, 4.69) is 9.46 Å². The molecule has 0 radical (unpaired) electrons. The van der Waals surface area contributed by atoms with Gasteiger partial charge in [-0.15, -0.1) is 0 Å². The molecule has 1 rings (SSSR count). The van der Waals surface area contributed by atoms with Gasteiger partial charge in [-0.2, -0.15) is 0 Å². The summed E-state index contributed by atoms with van der Waals surface area (Å²) in [5.41, 5.74) is 1.08. The Morgan fingerprint density at radius 1 is 1.40 bits per heavy atom. The van der Waals surface area contributed by atoms with Crippen molar-refractivity contribution in [2.24, 2.45) is 0 Å².